The van der Waals surface area contributed by atoms with Crippen LogP contribution in [0.15, 0.2) is 42.6 Å². The van der Waals surface area contributed by atoms with Gasteiger partial charge in [-0.2, -0.15) is 0 Å². The number of benzene rings is 1. The van der Waals surface area contributed by atoms with E-state index in [0.717, 1.165) is 5.56 Å². The van der Waals surface area contributed by atoms with Crippen LogP contribution in [0.3, 0.4) is 0 Å². The van der Waals surface area contributed by atoms with Crippen LogP contribution in [-0.2, 0) is 16.0 Å². The van der Waals surface area contributed by atoms with Crippen molar-refractivity contribution < 1.29 is 19.1 Å². The second-order valence-corrected chi connectivity index (χ2v) is 7.41. The Balaban J connectivity index is 1.41. The lowest BCUT2D eigenvalue weighted by Crippen LogP contribution is -2.38. The molecule has 1 aromatic carbocycles. The highest BCUT2D eigenvalue weighted by Gasteiger charge is 2.31. The van der Waals surface area contributed by atoms with E-state index in [1.54, 1.807) is 30.5 Å². The number of cyclic esters (lactones) is 1. The van der Waals surface area contributed by atoms with Crippen molar-refractivity contribution in [3.8, 4) is 5.75 Å². The van der Waals surface area contributed by atoms with Crippen LogP contribution in [0.25, 0.3) is 0 Å². The summed E-state index contributed by atoms with van der Waals surface area (Å²) < 4.78 is 11.3. The Kier molecular flexibility index (Phi) is 5.55. The Morgan fingerprint density at radius 1 is 1.14 bits per heavy atom. The molecule has 2 aliphatic rings. The summed E-state index contributed by atoms with van der Waals surface area (Å²) in [4.78, 5) is 29.1. The van der Waals surface area contributed by atoms with Crippen LogP contribution >= 0.6 is 0 Å². The molecule has 1 fully saturated rings. The molecule has 4 rings (SSSR count). The molecular formula is C22H24N2O4. The van der Waals surface area contributed by atoms with E-state index in [2.05, 4.69) is 10.3 Å². The van der Waals surface area contributed by atoms with Crippen LogP contribution in [0, 0.1) is 5.92 Å². The maximum atomic E-state index is 12.7. The van der Waals surface area contributed by atoms with Gasteiger partial charge in [-0.05, 0) is 42.5 Å². The minimum atomic E-state index is -0.879. The van der Waals surface area contributed by atoms with Gasteiger partial charge in [-0.15, -0.1) is 0 Å². The van der Waals surface area contributed by atoms with E-state index in [0.29, 0.717) is 36.1 Å². The molecule has 1 N–H and O–H groups in total. The number of carbonyl (C=O) groups excluding carboxylic acids is 2. The van der Waals surface area contributed by atoms with Gasteiger partial charge in [0.2, 0.25) is 0 Å². The minimum Gasteiger partial charge on any atom is -0.489 e. The van der Waals surface area contributed by atoms with Crippen molar-refractivity contribution in [2.24, 2.45) is 5.92 Å². The number of aromatic nitrogens is 1. The summed E-state index contributed by atoms with van der Waals surface area (Å²) in [5.41, 5.74) is 1.33. The summed E-state index contributed by atoms with van der Waals surface area (Å²) in [6, 6.07) is 10.8. The van der Waals surface area contributed by atoms with Gasteiger partial charge in [0.1, 0.15) is 0 Å². The molecule has 6 heteroatoms. The molecule has 0 radical (unpaired) electrons. The summed E-state index contributed by atoms with van der Waals surface area (Å²) in [7, 11) is 0. The van der Waals surface area contributed by atoms with E-state index in [1.165, 1.54) is 32.1 Å². The van der Waals surface area contributed by atoms with Gasteiger partial charge in [-0.1, -0.05) is 37.5 Å². The van der Waals surface area contributed by atoms with Crippen molar-refractivity contribution in [1.82, 2.24) is 4.98 Å². The fraction of sp³-hybridized carbons (Fsp3) is 0.409. The Morgan fingerprint density at radius 2 is 1.96 bits per heavy atom. The molecule has 146 valence electrons. The van der Waals surface area contributed by atoms with Gasteiger partial charge in [-0.3, -0.25) is 4.79 Å². The number of carbonyl (C=O) groups is 2. The molecular weight excluding hydrogens is 356 g/mol. The highest BCUT2D eigenvalue weighted by atomic mass is 16.5. The van der Waals surface area contributed by atoms with Crippen LogP contribution in [0.4, 0.5) is 5.82 Å². The van der Waals surface area contributed by atoms with Crippen LogP contribution in [0.1, 0.15) is 48.0 Å². The summed E-state index contributed by atoms with van der Waals surface area (Å²) in [6.45, 7) is 0.625. The van der Waals surface area contributed by atoms with E-state index >= 15 is 0 Å². The fourth-order valence-corrected chi connectivity index (χ4v) is 3.84. The number of anilines is 1. The average Bonchev–Trinajstić information content (AvgIpc) is 2.74. The first kappa shape index (κ1) is 18.5. The highest BCUT2D eigenvalue weighted by Crippen LogP contribution is 2.28. The molecule has 1 aromatic heterocycles. The molecule has 0 spiro atoms. The maximum absolute atomic E-state index is 12.7. The molecule has 1 saturated carbocycles. The standard InChI is InChI=1S/C22H24N2O4/c25-21(19-13-16-9-4-5-10-17(16)22(26)28-19)24-20-18(11-6-12-23-20)27-14-15-7-2-1-3-8-15/h4-6,9-12,15,19H,1-3,7-8,13-14H2,(H,23,24,25). The zero-order chi connectivity index (χ0) is 19.3. The average molecular weight is 380 g/mol. The van der Waals surface area contributed by atoms with E-state index in [9.17, 15) is 9.59 Å². The molecule has 1 unspecified atom stereocenters. The Labute approximate surface area is 164 Å². The van der Waals surface area contributed by atoms with Gasteiger partial charge in [0, 0.05) is 12.6 Å². The van der Waals surface area contributed by atoms with E-state index in [4.69, 9.17) is 9.47 Å². The first-order valence-corrected chi connectivity index (χ1v) is 9.88. The zero-order valence-corrected chi connectivity index (χ0v) is 15.7. The number of hydrogen-bond donors (Lipinski definition) is 1. The fourth-order valence-electron chi connectivity index (χ4n) is 3.84. The summed E-state index contributed by atoms with van der Waals surface area (Å²) >= 11 is 0. The Bertz CT molecular complexity index is 861. The number of hydrogen-bond acceptors (Lipinski definition) is 5. The number of nitrogens with zero attached hydrogens (tertiary/aromatic N) is 1. The van der Waals surface area contributed by atoms with E-state index < -0.39 is 18.0 Å². The van der Waals surface area contributed by atoms with Gasteiger partial charge >= 0.3 is 5.97 Å². The van der Waals surface area contributed by atoms with Crippen LogP contribution in [0.2, 0.25) is 0 Å². The maximum Gasteiger partial charge on any atom is 0.339 e. The summed E-state index contributed by atoms with van der Waals surface area (Å²) in [5.74, 6) is 0.580. The van der Waals surface area contributed by atoms with Gasteiger partial charge in [0.15, 0.2) is 17.7 Å². The normalized spacial score (nSPS) is 19.4. The third kappa shape index (κ3) is 4.16. The quantitative estimate of drug-likeness (QED) is 0.799. The monoisotopic (exact) mass is 380 g/mol. The van der Waals surface area contributed by atoms with Gasteiger partial charge < -0.3 is 14.8 Å². The SMILES string of the molecule is O=C1OC(C(=O)Nc2ncccc2OCC2CCCCC2)Cc2ccccc21. The molecule has 2 heterocycles. The van der Waals surface area contributed by atoms with Crippen LogP contribution < -0.4 is 10.1 Å². The van der Waals surface area contributed by atoms with Crippen molar-refractivity contribution >= 4 is 17.7 Å². The molecule has 1 aliphatic carbocycles. The smallest absolute Gasteiger partial charge is 0.339 e. The van der Waals surface area contributed by atoms with Gasteiger partial charge in [0.05, 0.1) is 12.2 Å². The third-order valence-electron chi connectivity index (χ3n) is 5.40. The van der Waals surface area contributed by atoms with Crippen LogP contribution in [0.5, 0.6) is 5.75 Å². The number of ether oxygens (including phenoxy) is 2. The Hall–Kier alpha value is -2.89. The molecule has 0 bridgehead atoms. The predicted molar refractivity (Wildman–Crippen MR) is 104 cm³/mol. The van der Waals surface area contributed by atoms with Gasteiger partial charge in [0.25, 0.3) is 5.91 Å². The second-order valence-electron chi connectivity index (χ2n) is 7.41. The van der Waals surface area contributed by atoms with Crippen molar-refractivity contribution in [2.45, 2.75) is 44.6 Å². The number of amides is 1. The topological polar surface area (TPSA) is 77.5 Å². The first-order chi connectivity index (χ1) is 13.7. The molecule has 6 nitrogen and oxygen atoms in total. The molecule has 0 saturated heterocycles. The Morgan fingerprint density at radius 3 is 2.82 bits per heavy atom. The van der Waals surface area contributed by atoms with Gasteiger partial charge in [-0.25, -0.2) is 9.78 Å². The molecule has 1 amide bonds. The minimum absolute atomic E-state index is 0.346. The number of rotatable bonds is 5. The first-order valence-electron chi connectivity index (χ1n) is 9.88. The lowest BCUT2D eigenvalue weighted by atomic mass is 9.90. The van der Waals surface area contributed by atoms with Crippen LogP contribution in [-0.4, -0.2) is 29.6 Å². The second kappa shape index (κ2) is 8.42. The van der Waals surface area contributed by atoms with E-state index in [1.807, 2.05) is 12.1 Å². The third-order valence-corrected chi connectivity index (χ3v) is 5.40. The highest BCUT2D eigenvalue weighted by molar-refractivity contribution is 6.00. The molecule has 28 heavy (non-hydrogen) atoms. The summed E-state index contributed by atoms with van der Waals surface area (Å²) in [6.07, 6.45) is 7.23. The zero-order valence-electron chi connectivity index (χ0n) is 15.7. The number of pyridine rings is 1. The molecule has 1 atom stereocenters. The van der Waals surface area contributed by atoms with Crippen molar-refractivity contribution in [2.75, 3.05) is 11.9 Å². The summed E-state index contributed by atoms with van der Waals surface area (Å²) in [5, 5.41) is 2.77. The number of esters is 1. The molecule has 1 aliphatic heterocycles. The van der Waals surface area contributed by atoms with E-state index in [-0.39, 0.29) is 0 Å². The predicted octanol–water partition coefficient (Wildman–Crippen LogP) is 3.76. The number of nitrogens with one attached hydrogen (secondary N) is 1. The van der Waals surface area contributed by atoms with Crippen molar-refractivity contribution in [3.05, 3.63) is 53.7 Å². The molecule has 2 aromatic rings. The van der Waals surface area contributed by atoms with Crippen molar-refractivity contribution in [1.29, 1.82) is 0 Å². The largest absolute Gasteiger partial charge is 0.489 e. The lowest BCUT2D eigenvalue weighted by molar-refractivity contribution is -0.125. The van der Waals surface area contributed by atoms with Crippen molar-refractivity contribution in [3.63, 3.8) is 0 Å². The lowest BCUT2D eigenvalue weighted by Gasteiger charge is -2.24. The number of fused-ring (bicyclic) bond motifs is 1.